The topological polar surface area (TPSA) is 47.6 Å². The molecular weight excluding hydrogens is 367 g/mol. The second kappa shape index (κ2) is 9.85. The molecule has 1 amide bonds. The number of nitrogens with one attached hydrogen (secondary N) is 2. The van der Waals surface area contributed by atoms with Crippen LogP contribution < -0.4 is 15.5 Å². The summed E-state index contributed by atoms with van der Waals surface area (Å²) in [4.78, 5) is 15.9. The molecule has 0 bridgehead atoms. The van der Waals surface area contributed by atoms with Gasteiger partial charge in [0.25, 0.3) is 0 Å². The SMILES string of the molecule is CCN1CCN(c2ccc(F)cc2C(C)NCc2ccc(NC(C)=O)cc2)CC1. The van der Waals surface area contributed by atoms with Crippen molar-refractivity contribution >= 4 is 17.3 Å². The molecule has 6 heteroatoms. The lowest BCUT2D eigenvalue weighted by atomic mass is 10.0. The van der Waals surface area contributed by atoms with Crippen molar-refractivity contribution in [2.45, 2.75) is 33.4 Å². The number of carbonyl (C=O) groups excluding carboxylic acids is 1. The van der Waals surface area contributed by atoms with E-state index < -0.39 is 0 Å². The van der Waals surface area contributed by atoms with Gasteiger partial charge in [-0.15, -0.1) is 0 Å². The molecule has 2 aromatic rings. The molecule has 0 spiro atoms. The Morgan fingerprint density at radius 2 is 1.79 bits per heavy atom. The van der Waals surface area contributed by atoms with Gasteiger partial charge < -0.3 is 20.4 Å². The summed E-state index contributed by atoms with van der Waals surface area (Å²) in [5, 5.41) is 6.28. The highest BCUT2D eigenvalue weighted by Gasteiger charge is 2.20. The summed E-state index contributed by atoms with van der Waals surface area (Å²) in [6.45, 7) is 11.5. The van der Waals surface area contributed by atoms with Crippen molar-refractivity contribution in [1.29, 1.82) is 0 Å². The van der Waals surface area contributed by atoms with Crippen molar-refractivity contribution in [1.82, 2.24) is 10.2 Å². The highest BCUT2D eigenvalue weighted by atomic mass is 19.1. The molecule has 156 valence electrons. The standard InChI is InChI=1S/C23H31FN4O/c1-4-27-11-13-28(14-12-27)23-10-7-20(24)15-22(23)17(2)25-16-19-5-8-21(9-6-19)26-18(3)29/h5-10,15,17,25H,4,11-14,16H2,1-3H3,(H,26,29). The van der Waals surface area contributed by atoms with E-state index in [0.29, 0.717) is 6.54 Å². The van der Waals surface area contributed by atoms with E-state index in [1.54, 1.807) is 12.1 Å². The maximum Gasteiger partial charge on any atom is 0.221 e. The third-order valence-corrected chi connectivity index (χ3v) is 5.50. The molecule has 1 unspecified atom stereocenters. The van der Waals surface area contributed by atoms with Gasteiger partial charge in [-0.25, -0.2) is 4.39 Å². The van der Waals surface area contributed by atoms with Crippen LogP contribution in [0.1, 0.15) is 37.9 Å². The zero-order chi connectivity index (χ0) is 20.8. The first kappa shape index (κ1) is 21.3. The average molecular weight is 399 g/mol. The molecule has 2 N–H and O–H groups in total. The quantitative estimate of drug-likeness (QED) is 0.745. The summed E-state index contributed by atoms with van der Waals surface area (Å²) in [5.74, 6) is -0.285. The number of carbonyl (C=O) groups is 1. The average Bonchev–Trinajstić information content (AvgIpc) is 2.72. The van der Waals surface area contributed by atoms with E-state index in [2.05, 4.69) is 34.3 Å². The summed E-state index contributed by atoms with van der Waals surface area (Å²) in [6, 6.07) is 12.9. The normalized spacial score (nSPS) is 15.9. The Balaban J connectivity index is 1.66. The largest absolute Gasteiger partial charge is 0.369 e. The molecule has 1 aliphatic rings. The van der Waals surface area contributed by atoms with Gasteiger partial charge in [-0.2, -0.15) is 0 Å². The van der Waals surface area contributed by atoms with Gasteiger partial charge in [0.2, 0.25) is 5.91 Å². The van der Waals surface area contributed by atoms with Gasteiger partial charge in [-0.1, -0.05) is 19.1 Å². The van der Waals surface area contributed by atoms with E-state index in [-0.39, 0.29) is 17.8 Å². The summed E-state index contributed by atoms with van der Waals surface area (Å²) in [6.07, 6.45) is 0. The Morgan fingerprint density at radius 1 is 1.10 bits per heavy atom. The summed E-state index contributed by atoms with van der Waals surface area (Å²) in [5.41, 5.74) is 4.00. The molecule has 1 fully saturated rings. The van der Waals surface area contributed by atoms with Crippen LogP contribution in [0.4, 0.5) is 15.8 Å². The Morgan fingerprint density at radius 3 is 2.41 bits per heavy atom. The van der Waals surface area contributed by atoms with Gasteiger partial charge in [0, 0.05) is 57.1 Å². The molecule has 1 atom stereocenters. The van der Waals surface area contributed by atoms with Crippen molar-refractivity contribution in [2.75, 3.05) is 42.9 Å². The van der Waals surface area contributed by atoms with Crippen molar-refractivity contribution < 1.29 is 9.18 Å². The van der Waals surface area contributed by atoms with Crippen LogP contribution in [-0.4, -0.2) is 43.5 Å². The van der Waals surface area contributed by atoms with Crippen molar-refractivity contribution in [3.63, 3.8) is 0 Å². The second-order valence-corrected chi connectivity index (χ2v) is 7.61. The van der Waals surface area contributed by atoms with E-state index in [1.807, 2.05) is 30.3 Å². The monoisotopic (exact) mass is 398 g/mol. The Labute approximate surface area is 172 Å². The first-order valence-corrected chi connectivity index (χ1v) is 10.3. The van der Waals surface area contributed by atoms with E-state index in [1.165, 1.54) is 6.92 Å². The Hall–Kier alpha value is -2.44. The molecule has 0 radical (unpaired) electrons. The molecular formula is C23H31FN4O. The molecule has 0 aromatic heterocycles. The molecule has 1 heterocycles. The first-order chi connectivity index (χ1) is 14.0. The first-order valence-electron chi connectivity index (χ1n) is 10.3. The molecule has 29 heavy (non-hydrogen) atoms. The van der Waals surface area contributed by atoms with Crippen LogP contribution in [0.3, 0.4) is 0 Å². The predicted molar refractivity (Wildman–Crippen MR) is 117 cm³/mol. The van der Waals surface area contributed by atoms with Gasteiger partial charge in [0.05, 0.1) is 0 Å². The zero-order valence-electron chi connectivity index (χ0n) is 17.5. The number of likely N-dealkylation sites (N-methyl/N-ethyl adjacent to an activating group) is 1. The second-order valence-electron chi connectivity index (χ2n) is 7.61. The minimum Gasteiger partial charge on any atom is -0.369 e. The molecule has 1 aliphatic heterocycles. The molecule has 0 aliphatic carbocycles. The molecule has 2 aromatic carbocycles. The molecule has 1 saturated heterocycles. The number of rotatable bonds is 7. The highest BCUT2D eigenvalue weighted by Crippen LogP contribution is 2.28. The van der Waals surface area contributed by atoms with E-state index >= 15 is 0 Å². The number of amides is 1. The number of benzene rings is 2. The molecule has 3 rings (SSSR count). The van der Waals surface area contributed by atoms with Crippen LogP contribution in [0.5, 0.6) is 0 Å². The fourth-order valence-corrected chi connectivity index (χ4v) is 3.76. The van der Waals surface area contributed by atoms with Crippen LogP contribution in [0, 0.1) is 5.82 Å². The number of piperazine rings is 1. The Bertz CT molecular complexity index is 816. The maximum absolute atomic E-state index is 14.0. The predicted octanol–water partition coefficient (Wildman–Crippen LogP) is 3.78. The smallest absolute Gasteiger partial charge is 0.221 e. The minimum absolute atomic E-state index is 0.0138. The highest BCUT2D eigenvalue weighted by molar-refractivity contribution is 5.88. The van der Waals surface area contributed by atoms with Gasteiger partial charge >= 0.3 is 0 Å². The van der Waals surface area contributed by atoms with Gasteiger partial charge in [-0.05, 0) is 54.9 Å². The number of halogens is 1. The van der Waals surface area contributed by atoms with E-state index in [9.17, 15) is 9.18 Å². The number of hydrogen-bond donors (Lipinski definition) is 2. The molecule has 5 nitrogen and oxygen atoms in total. The number of anilines is 2. The van der Waals surface area contributed by atoms with Gasteiger partial charge in [0.1, 0.15) is 5.82 Å². The fourth-order valence-electron chi connectivity index (χ4n) is 3.76. The van der Waals surface area contributed by atoms with Crippen molar-refractivity contribution in [3.05, 3.63) is 59.4 Å². The summed E-state index contributed by atoms with van der Waals surface area (Å²) < 4.78 is 14.0. The third kappa shape index (κ3) is 5.78. The van der Waals surface area contributed by atoms with Crippen LogP contribution in [0.25, 0.3) is 0 Å². The summed E-state index contributed by atoms with van der Waals surface area (Å²) in [7, 11) is 0. The van der Waals surface area contributed by atoms with Crippen LogP contribution in [0.15, 0.2) is 42.5 Å². The van der Waals surface area contributed by atoms with Gasteiger partial charge in [0.15, 0.2) is 0 Å². The Kier molecular flexibility index (Phi) is 7.23. The summed E-state index contributed by atoms with van der Waals surface area (Å²) >= 11 is 0. The minimum atomic E-state index is -0.204. The third-order valence-electron chi connectivity index (χ3n) is 5.50. The van der Waals surface area contributed by atoms with E-state index in [0.717, 1.165) is 55.2 Å². The molecule has 0 saturated carbocycles. The lowest BCUT2D eigenvalue weighted by Gasteiger charge is -2.37. The maximum atomic E-state index is 14.0. The van der Waals surface area contributed by atoms with E-state index in [4.69, 9.17) is 0 Å². The number of hydrogen-bond acceptors (Lipinski definition) is 4. The van der Waals surface area contributed by atoms with Crippen LogP contribution >= 0.6 is 0 Å². The van der Waals surface area contributed by atoms with Crippen LogP contribution in [0.2, 0.25) is 0 Å². The fraction of sp³-hybridized carbons (Fsp3) is 0.435. The number of nitrogens with zero attached hydrogens (tertiary/aromatic N) is 2. The van der Waals surface area contributed by atoms with Crippen molar-refractivity contribution in [2.24, 2.45) is 0 Å². The van der Waals surface area contributed by atoms with Gasteiger partial charge in [-0.3, -0.25) is 4.79 Å². The lowest BCUT2D eigenvalue weighted by molar-refractivity contribution is -0.114. The van der Waals surface area contributed by atoms with Crippen LogP contribution in [-0.2, 0) is 11.3 Å². The van der Waals surface area contributed by atoms with Crippen molar-refractivity contribution in [3.8, 4) is 0 Å². The lowest BCUT2D eigenvalue weighted by Crippen LogP contribution is -2.46. The zero-order valence-corrected chi connectivity index (χ0v) is 17.5.